The molecule has 1 aliphatic carbocycles. The maximum atomic E-state index is 5.78. The summed E-state index contributed by atoms with van der Waals surface area (Å²) < 4.78 is 0. The van der Waals surface area contributed by atoms with Crippen LogP contribution >= 0.6 is 11.6 Å². The highest BCUT2D eigenvalue weighted by Gasteiger charge is 2.30. The highest BCUT2D eigenvalue weighted by molar-refractivity contribution is 6.18. The van der Waals surface area contributed by atoms with Crippen LogP contribution in [0.25, 0.3) is 0 Å². The molecule has 0 aromatic carbocycles. The van der Waals surface area contributed by atoms with Crippen LogP contribution in [-0.2, 0) is 0 Å². The van der Waals surface area contributed by atoms with Crippen molar-refractivity contribution in [3.05, 3.63) is 18.1 Å². The van der Waals surface area contributed by atoms with Gasteiger partial charge in [-0.2, -0.15) is 0 Å². The Bertz CT molecular complexity index is 312. The number of aryl methyl sites for hydroxylation is 1. The van der Waals surface area contributed by atoms with Gasteiger partial charge in [0.05, 0.1) is 5.69 Å². The molecule has 2 rings (SSSR count). The van der Waals surface area contributed by atoms with E-state index in [-0.39, 0.29) is 0 Å². The molecule has 1 aromatic heterocycles. The van der Waals surface area contributed by atoms with Gasteiger partial charge < -0.3 is 4.90 Å². The first-order valence-corrected chi connectivity index (χ1v) is 5.46. The van der Waals surface area contributed by atoms with E-state index in [1.54, 1.807) is 12.4 Å². The van der Waals surface area contributed by atoms with E-state index in [1.165, 1.54) is 12.8 Å². The van der Waals surface area contributed by atoms with Gasteiger partial charge in [0.15, 0.2) is 0 Å². The molecule has 76 valence electrons. The number of anilines is 1. The minimum absolute atomic E-state index is 0.643. The summed E-state index contributed by atoms with van der Waals surface area (Å²) >= 11 is 5.78. The summed E-state index contributed by atoms with van der Waals surface area (Å²) in [7, 11) is 0. The standard InChI is InChI=1S/C10H14ClN3/c1-8-10(13-6-5-12-8)14(7-4-11)9-2-3-9/h5-6,9H,2-4,7H2,1H3. The maximum absolute atomic E-state index is 5.78. The van der Waals surface area contributed by atoms with Crippen molar-refractivity contribution < 1.29 is 0 Å². The third-order valence-electron chi connectivity index (χ3n) is 2.44. The molecular weight excluding hydrogens is 198 g/mol. The number of halogens is 1. The van der Waals surface area contributed by atoms with Crippen LogP contribution in [0.3, 0.4) is 0 Å². The Morgan fingerprint density at radius 2 is 2.14 bits per heavy atom. The lowest BCUT2D eigenvalue weighted by Crippen LogP contribution is -2.29. The van der Waals surface area contributed by atoms with E-state index in [1.807, 2.05) is 6.92 Å². The lowest BCUT2D eigenvalue weighted by molar-refractivity contribution is 0.799. The van der Waals surface area contributed by atoms with Crippen LogP contribution in [-0.4, -0.2) is 28.4 Å². The van der Waals surface area contributed by atoms with Crippen molar-refractivity contribution in [3.63, 3.8) is 0 Å². The summed E-state index contributed by atoms with van der Waals surface area (Å²) in [4.78, 5) is 10.9. The molecule has 1 fully saturated rings. The molecular formula is C10H14ClN3. The molecule has 1 heterocycles. The largest absolute Gasteiger partial charge is 0.351 e. The fourth-order valence-corrected chi connectivity index (χ4v) is 1.80. The van der Waals surface area contributed by atoms with Crippen molar-refractivity contribution >= 4 is 17.4 Å². The van der Waals surface area contributed by atoms with Crippen molar-refractivity contribution in [2.75, 3.05) is 17.3 Å². The van der Waals surface area contributed by atoms with E-state index in [9.17, 15) is 0 Å². The Labute approximate surface area is 89.1 Å². The fourth-order valence-electron chi connectivity index (χ4n) is 1.62. The summed E-state index contributed by atoms with van der Waals surface area (Å²) in [6.07, 6.45) is 5.98. The van der Waals surface area contributed by atoms with E-state index in [4.69, 9.17) is 11.6 Å². The third-order valence-corrected chi connectivity index (χ3v) is 2.61. The summed E-state index contributed by atoms with van der Waals surface area (Å²) in [6.45, 7) is 2.86. The number of aromatic nitrogens is 2. The molecule has 0 radical (unpaired) electrons. The molecule has 0 amide bonds. The zero-order valence-electron chi connectivity index (χ0n) is 8.28. The van der Waals surface area contributed by atoms with Gasteiger partial charge in [0, 0.05) is 30.9 Å². The fraction of sp³-hybridized carbons (Fsp3) is 0.600. The van der Waals surface area contributed by atoms with Gasteiger partial charge in [-0.15, -0.1) is 11.6 Å². The predicted octanol–water partition coefficient (Wildman–Crippen LogP) is 1.99. The Morgan fingerprint density at radius 3 is 2.71 bits per heavy atom. The van der Waals surface area contributed by atoms with E-state index in [2.05, 4.69) is 14.9 Å². The molecule has 0 atom stereocenters. The quantitative estimate of drug-likeness (QED) is 0.714. The van der Waals surface area contributed by atoms with Gasteiger partial charge in [0.1, 0.15) is 5.82 Å². The molecule has 1 saturated carbocycles. The molecule has 0 aliphatic heterocycles. The van der Waals surface area contributed by atoms with Crippen molar-refractivity contribution in [2.24, 2.45) is 0 Å². The summed E-state index contributed by atoms with van der Waals surface area (Å²) in [5, 5.41) is 0. The van der Waals surface area contributed by atoms with Gasteiger partial charge in [0.2, 0.25) is 0 Å². The van der Waals surface area contributed by atoms with Crippen molar-refractivity contribution in [2.45, 2.75) is 25.8 Å². The van der Waals surface area contributed by atoms with Crippen LogP contribution in [0.4, 0.5) is 5.82 Å². The number of alkyl halides is 1. The van der Waals surface area contributed by atoms with Gasteiger partial charge in [0.25, 0.3) is 0 Å². The van der Waals surface area contributed by atoms with Crippen LogP contribution in [0.1, 0.15) is 18.5 Å². The molecule has 4 heteroatoms. The third kappa shape index (κ3) is 1.98. The van der Waals surface area contributed by atoms with E-state index in [0.29, 0.717) is 11.9 Å². The van der Waals surface area contributed by atoms with Gasteiger partial charge in [-0.1, -0.05) is 0 Å². The molecule has 14 heavy (non-hydrogen) atoms. The first kappa shape index (κ1) is 9.71. The highest BCUT2D eigenvalue weighted by Crippen LogP contribution is 2.31. The zero-order chi connectivity index (χ0) is 9.97. The Hall–Kier alpha value is -0.830. The van der Waals surface area contributed by atoms with Crippen LogP contribution in [0.5, 0.6) is 0 Å². The van der Waals surface area contributed by atoms with Crippen molar-refractivity contribution in [1.29, 1.82) is 0 Å². The van der Waals surface area contributed by atoms with Crippen molar-refractivity contribution in [1.82, 2.24) is 9.97 Å². The number of hydrogen-bond acceptors (Lipinski definition) is 3. The lowest BCUT2D eigenvalue weighted by atomic mass is 10.4. The van der Waals surface area contributed by atoms with Gasteiger partial charge in [-0.05, 0) is 19.8 Å². The predicted molar refractivity (Wildman–Crippen MR) is 57.9 cm³/mol. The van der Waals surface area contributed by atoms with E-state index < -0.39 is 0 Å². The summed E-state index contributed by atoms with van der Waals surface area (Å²) in [5.74, 6) is 1.64. The number of nitrogens with zero attached hydrogens (tertiary/aromatic N) is 3. The second kappa shape index (κ2) is 4.13. The molecule has 0 bridgehead atoms. The number of rotatable bonds is 4. The van der Waals surface area contributed by atoms with Gasteiger partial charge in [-0.25, -0.2) is 4.98 Å². The normalized spacial score (nSPS) is 15.6. The topological polar surface area (TPSA) is 29.0 Å². The average Bonchev–Trinajstić information content (AvgIpc) is 2.99. The second-order valence-electron chi connectivity index (χ2n) is 3.58. The second-order valence-corrected chi connectivity index (χ2v) is 3.96. The molecule has 3 nitrogen and oxygen atoms in total. The van der Waals surface area contributed by atoms with Crippen LogP contribution in [0.2, 0.25) is 0 Å². The molecule has 0 spiro atoms. The first-order chi connectivity index (χ1) is 6.83. The zero-order valence-corrected chi connectivity index (χ0v) is 9.04. The van der Waals surface area contributed by atoms with E-state index in [0.717, 1.165) is 18.1 Å². The molecule has 0 saturated heterocycles. The Morgan fingerprint density at radius 1 is 1.43 bits per heavy atom. The Balaban J connectivity index is 2.21. The van der Waals surface area contributed by atoms with Gasteiger partial charge >= 0.3 is 0 Å². The van der Waals surface area contributed by atoms with Crippen LogP contribution in [0.15, 0.2) is 12.4 Å². The molecule has 0 N–H and O–H groups in total. The SMILES string of the molecule is Cc1nccnc1N(CCCl)C1CC1. The molecule has 0 unspecified atom stereocenters. The molecule has 1 aliphatic rings. The van der Waals surface area contributed by atoms with E-state index >= 15 is 0 Å². The number of hydrogen-bond donors (Lipinski definition) is 0. The average molecular weight is 212 g/mol. The minimum Gasteiger partial charge on any atom is -0.351 e. The van der Waals surface area contributed by atoms with Crippen molar-refractivity contribution in [3.8, 4) is 0 Å². The Kier molecular flexibility index (Phi) is 2.87. The minimum atomic E-state index is 0.643. The van der Waals surface area contributed by atoms with Gasteiger partial charge in [-0.3, -0.25) is 4.98 Å². The lowest BCUT2D eigenvalue weighted by Gasteiger charge is -2.23. The summed E-state index contributed by atoms with van der Waals surface area (Å²) in [6, 6.07) is 0.643. The highest BCUT2D eigenvalue weighted by atomic mass is 35.5. The first-order valence-electron chi connectivity index (χ1n) is 4.93. The summed E-state index contributed by atoms with van der Waals surface area (Å²) in [5.41, 5.74) is 0.990. The smallest absolute Gasteiger partial charge is 0.150 e. The maximum Gasteiger partial charge on any atom is 0.150 e. The van der Waals surface area contributed by atoms with Crippen LogP contribution in [0, 0.1) is 6.92 Å². The van der Waals surface area contributed by atoms with Crippen LogP contribution < -0.4 is 4.90 Å². The molecule has 1 aromatic rings. The monoisotopic (exact) mass is 211 g/mol.